The van der Waals surface area contributed by atoms with Crippen molar-refractivity contribution in [2.45, 2.75) is 44.7 Å². The number of benzene rings is 4. The molecule has 4 aromatic carbocycles. The van der Waals surface area contributed by atoms with E-state index < -0.39 is 10.0 Å². The summed E-state index contributed by atoms with van der Waals surface area (Å²) in [6.45, 7) is 5.94. The van der Waals surface area contributed by atoms with Gasteiger partial charge in [-0.3, -0.25) is 9.10 Å². The van der Waals surface area contributed by atoms with Crippen LogP contribution in [-0.4, -0.2) is 14.3 Å². The molecule has 0 heterocycles. The Morgan fingerprint density at radius 2 is 1.47 bits per heavy atom. The molecule has 0 aliphatic rings. The maximum atomic E-state index is 14.0. The van der Waals surface area contributed by atoms with Gasteiger partial charge in [0.25, 0.3) is 15.9 Å². The first-order valence-corrected chi connectivity index (χ1v) is 14.3. The van der Waals surface area contributed by atoms with Crippen LogP contribution in [0.15, 0.2) is 102 Å². The number of hydrogen-bond acceptors (Lipinski definition) is 3. The Kier molecular flexibility index (Phi) is 8.55. The molecule has 4 aromatic rings. The van der Waals surface area contributed by atoms with Gasteiger partial charge in [0, 0.05) is 5.02 Å². The van der Waals surface area contributed by atoms with Crippen LogP contribution in [0.25, 0.3) is 0 Å². The van der Waals surface area contributed by atoms with Gasteiger partial charge in [0.2, 0.25) is 0 Å². The molecule has 5 nitrogen and oxygen atoms in total. The lowest BCUT2D eigenvalue weighted by molar-refractivity contribution is 0.0940. The highest BCUT2D eigenvalue weighted by Gasteiger charge is 2.29. The van der Waals surface area contributed by atoms with Gasteiger partial charge in [-0.25, -0.2) is 8.42 Å². The van der Waals surface area contributed by atoms with Gasteiger partial charge in [0.1, 0.15) is 0 Å². The van der Waals surface area contributed by atoms with Crippen LogP contribution in [0.5, 0.6) is 0 Å². The first-order chi connectivity index (χ1) is 18.2. The van der Waals surface area contributed by atoms with E-state index in [0.29, 0.717) is 10.7 Å². The Hall–Kier alpha value is -3.61. The number of nitrogens with one attached hydrogen (secondary N) is 1. The van der Waals surface area contributed by atoms with E-state index in [1.54, 1.807) is 72.8 Å². The number of sulfonamides is 1. The normalized spacial score (nSPS) is 12.1. The van der Waals surface area contributed by atoms with Crippen molar-refractivity contribution in [2.24, 2.45) is 0 Å². The molecule has 0 aromatic heterocycles. The minimum Gasteiger partial charge on any atom is -0.345 e. The van der Waals surface area contributed by atoms with Gasteiger partial charge >= 0.3 is 0 Å². The van der Waals surface area contributed by atoms with Crippen molar-refractivity contribution < 1.29 is 13.2 Å². The van der Waals surface area contributed by atoms with Gasteiger partial charge in [0.05, 0.1) is 28.7 Å². The fourth-order valence-electron chi connectivity index (χ4n) is 4.18. The van der Waals surface area contributed by atoms with Crippen LogP contribution in [0.4, 0.5) is 5.69 Å². The van der Waals surface area contributed by atoms with Crippen LogP contribution < -0.4 is 9.62 Å². The number of para-hydroxylation sites is 1. The van der Waals surface area contributed by atoms with Gasteiger partial charge in [-0.2, -0.15) is 0 Å². The summed E-state index contributed by atoms with van der Waals surface area (Å²) >= 11 is 6.06. The summed E-state index contributed by atoms with van der Waals surface area (Å²) in [7, 11) is -4.00. The zero-order valence-electron chi connectivity index (χ0n) is 21.7. The standard InChI is InChI=1S/C31H31ClN2O3S/c1-4-24-11-15-26(16-12-24)23(3)33-31(35)29-7-5-6-8-30(29)34(21-25-13-17-27(32)18-14-25)38(36,37)28-19-9-22(2)10-20-28/h5-20,23H,4,21H2,1-3H3,(H,33,35). The van der Waals surface area contributed by atoms with E-state index in [-0.39, 0.29) is 29.0 Å². The van der Waals surface area contributed by atoms with E-state index in [2.05, 4.69) is 12.2 Å². The maximum Gasteiger partial charge on any atom is 0.264 e. The Balaban J connectivity index is 1.72. The molecule has 0 aliphatic carbocycles. The second-order valence-corrected chi connectivity index (χ2v) is 11.6. The van der Waals surface area contributed by atoms with Gasteiger partial charge in [-0.1, -0.05) is 84.8 Å². The number of hydrogen-bond donors (Lipinski definition) is 1. The van der Waals surface area contributed by atoms with E-state index in [1.807, 2.05) is 38.1 Å². The Bertz CT molecular complexity index is 1500. The molecule has 0 saturated heterocycles. The van der Waals surface area contributed by atoms with Crippen molar-refractivity contribution >= 4 is 33.2 Å². The van der Waals surface area contributed by atoms with Crippen molar-refractivity contribution in [1.82, 2.24) is 5.32 Å². The molecule has 0 saturated carbocycles. The number of carbonyl (C=O) groups is 1. The zero-order chi connectivity index (χ0) is 27.3. The first-order valence-electron chi connectivity index (χ1n) is 12.5. The number of amides is 1. The van der Waals surface area contributed by atoms with Crippen LogP contribution in [-0.2, 0) is 23.0 Å². The fourth-order valence-corrected chi connectivity index (χ4v) is 5.77. The third-order valence-electron chi connectivity index (χ3n) is 6.50. The van der Waals surface area contributed by atoms with E-state index in [1.165, 1.54) is 9.87 Å². The second-order valence-electron chi connectivity index (χ2n) is 9.26. The molecule has 0 fully saturated rings. The van der Waals surface area contributed by atoms with Gasteiger partial charge in [-0.15, -0.1) is 0 Å². The largest absolute Gasteiger partial charge is 0.345 e. The molecule has 0 bridgehead atoms. The molecule has 1 N–H and O–H groups in total. The van der Waals surface area contributed by atoms with Crippen LogP contribution >= 0.6 is 11.6 Å². The average molecular weight is 547 g/mol. The maximum absolute atomic E-state index is 14.0. The molecule has 196 valence electrons. The van der Waals surface area contributed by atoms with Gasteiger partial charge in [-0.05, 0) is 73.4 Å². The molecule has 38 heavy (non-hydrogen) atoms. The molecule has 0 radical (unpaired) electrons. The lowest BCUT2D eigenvalue weighted by atomic mass is 10.0. The summed E-state index contributed by atoms with van der Waals surface area (Å²) in [6.07, 6.45) is 0.938. The first kappa shape index (κ1) is 27.4. The molecule has 1 unspecified atom stereocenters. The number of carbonyl (C=O) groups excluding carboxylic acids is 1. The van der Waals surface area contributed by atoms with E-state index >= 15 is 0 Å². The van der Waals surface area contributed by atoms with Crippen molar-refractivity contribution in [3.05, 3.63) is 130 Å². The number of aryl methyl sites for hydroxylation is 2. The lowest BCUT2D eigenvalue weighted by Gasteiger charge is -2.27. The molecule has 1 amide bonds. The van der Waals surface area contributed by atoms with Gasteiger partial charge in [0.15, 0.2) is 0 Å². The number of halogens is 1. The van der Waals surface area contributed by atoms with E-state index in [9.17, 15) is 13.2 Å². The Labute approximate surface area is 230 Å². The molecular weight excluding hydrogens is 516 g/mol. The van der Waals surface area contributed by atoms with E-state index in [0.717, 1.165) is 23.1 Å². The van der Waals surface area contributed by atoms with Crippen LogP contribution in [0.1, 0.15) is 52.5 Å². The van der Waals surface area contributed by atoms with Crippen molar-refractivity contribution in [2.75, 3.05) is 4.31 Å². The highest BCUT2D eigenvalue weighted by Crippen LogP contribution is 2.30. The number of anilines is 1. The van der Waals surface area contributed by atoms with Crippen LogP contribution in [0, 0.1) is 6.92 Å². The number of rotatable bonds is 9. The summed E-state index contributed by atoms with van der Waals surface area (Å²) in [6, 6.07) is 28.3. The summed E-state index contributed by atoms with van der Waals surface area (Å²) in [4.78, 5) is 13.7. The summed E-state index contributed by atoms with van der Waals surface area (Å²) in [5.41, 5.74) is 4.46. The number of nitrogens with zero attached hydrogens (tertiary/aromatic N) is 1. The van der Waals surface area contributed by atoms with Crippen molar-refractivity contribution in [1.29, 1.82) is 0 Å². The smallest absolute Gasteiger partial charge is 0.264 e. The van der Waals surface area contributed by atoms with Crippen LogP contribution in [0.2, 0.25) is 5.02 Å². The third kappa shape index (κ3) is 6.26. The highest BCUT2D eigenvalue weighted by atomic mass is 35.5. The molecule has 1 atom stereocenters. The topological polar surface area (TPSA) is 66.5 Å². The van der Waals surface area contributed by atoms with Crippen molar-refractivity contribution in [3.63, 3.8) is 0 Å². The summed E-state index contributed by atoms with van der Waals surface area (Å²) < 4.78 is 29.2. The Morgan fingerprint density at radius 1 is 0.868 bits per heavy atom. The quantitative estimate of drug-likeness (QED) is 0.243. The lowest BCUT2D eigenvalue weighted by Crippen LogP contribution is -2.34. The predicted octanol–water partition coefficient (Wildman–Crippen LogP) is 7.10. The monoisotopic (exact) mass is 546 g/mol. The predicted molar refractivity (Wildman–Crippen MR) is 154 cm³/mol. The van der Waals surface area contributed by atoms with E-state index in [4.69, 9.17) is 11.6 Å². The minimum absolute atomic E-state index is 0.0334. The third-order valence-corrected chi connectivity index (χ3v) is 8.53. The van der Waals surface area contributed by atoms with Crippen molar-refractivity contribution in [3.8, 4) is 0 Å². The summed E-state index contributed by atoms with van der Waals surface area (Å²) in [5.74, 6) is -0.354. The molecule has 7 heteroatoms. The molecule has 0 spiro atoms. The average Bonchev–Trinajstić information content (AvgIpc) is 2.93. The highest BCUT2D eigenvalue weighted by molar-refractivity contribution is 7.92. The molecule has 0 aliphatic heterocycles. The molecule has 4 rings (SSSR count). The Morgan fingerprint density at radius 3 is 2.11 bits per heavy atom. The zero-order valence-corrected chi connectivity index (χ0v) is 23.3. The second kappa shape index (κ2) is 11.8. The molecular formula is C31H31ClN2O3S. The SMILES string of the molecule is CCc1ccc(C(C)NC(=O)c2ccccc2N(Cc2ccc(Cl)cc2)S(=O)(=O)c2ccc(C)cc2)cc1. The fraction of sp³-hybridized carbons (Fsp3) is 0.194. The van der Waals surface area contributed by atoms with Gasteiger partial charge < -0.3 is 5.32 Å². The minimum atomic E-state index is -4.00. The summed E-state index contributed by atoms with van der Waals surface area (Å²) in [5, 5.41) is 3.60. The van der Waals surface area contributed by atoms with Crippen LogP contribution in [0.3, 0.4) is 0 Å².